The lowest BCUT2D eigenvalue weighted by Crippen LogP contribution is -2.28. The summed E-state index contributed by atoms with van der Waals surface area (Å²) in [6, 6.07) is 0. The van der Waals surface area contributed by atoms with Crippen LogP contribution in [0, 0.1) is 0 Å². The summed E-state index contributed by atoms with van der Waals surface area (Å²) in [6.07, 6.45) is -0.913. The summed E-state index contributed by atoms with van der Waals surface area (Å²) >= 11 is 0. The number of halogens is 2. The van der Waals surface area contributed by atoms with Crippen molar-refractivity contribution < 1.29 is 13.5 Å². The van der Waals surface area contributed by atoms with E-state index in [0.29, 0.717) is 13.0 Å². The molecule has 17 heavy (non-hydrogen) atoms. The van der Waals surface area contributed by atoms with E-state index in [-0.39, 0.29) is 11.5 Å². The number of nitrogen functional groups attached to an aromatic ring is 1. The maximum atomic E-state index is 12.7. The molecule has 0 aliphatic heterocycles. The molecule has 0 fully saturated rings. The molecule has 0 saturated carbocycles. The van der Waals surface area contributed by atoms with Gasteiger partial charge >= 0.3 is 0 Å². The third-order valence-corrected chi connectivity index (χ3v) is 2.67. The van der Waals surface area contributed by atoms with Gasteiger partial charge in [0.25, 0.3) is 6.43 Å². The van der Waals surface area contributed by atoms with Crippen molar-refractivity contribution in [1.82, 2.24) is 9.97 Å². The number of nitrogens with zero attached hydrogens (tertiary/aromatic N) is 2. The van der Waals surface area contributed by atoms with Crippen molar-refractivity contribution >= 4 is 5.69 Å². The van der Waals surface area contributed by atoms with E-state index in [9.17, 15) is 8.78 Å². The molecule has 0 aliphatic rings. The highest BCUT2D eigenvalue weighted by atomic mass is 19.3. The predicted octanol–water partition coefficient (Wildman–Crippen LogP) is 2.66. The Morgan fingerprint density at radius 3 is 2.59 bits per heavy atom. The summed E-state index contributed by atoms with van der Waals surface area (Å²) in [7, 11) is 0. The second-order valence-corrected chi connectivity index (χ2v) is 3.85. The summed E-state index contributed by atoms with van der Waals surface area (Å²) in [5.74, 6) is 0.242. The van der Waals surface area contributed by atoms with Crippen LogP contribution in [0.5, 0.6) is 0 Å². The van der Waals surface area contributed by atoms with Gasteiger partial charge in [-0.3, -0.25) is 0 Å². The van der Waals surface area contributed by atoms with Gasteiger partial charge in [0.05, 0.1) is 11.9 Å². The summed E-state index contributed by atoms with van der Waals surface area (Å²) in [5, 5.41) is 0. The molecule has 4 nitrogen and oxygen atoms in total. The second-order valence-electron chi connectivity index (χ2n) is 3.85. The van der Waals surface area contributed by atoms with Crippen molar-refractivity contribution in [3.05, 3.63) is 17.7 Å². The minimum atomic E-state index is -2.71. The van der Waals surface area contributed by atoms with Crippen molar-refractivity contribution in [2.45, 2.75) is 39.2 Å². The average molecular weight is 245 g/mol. The monoisotopic (exact) mass is 245 g/mol. The van der Waals surface area contributed by atoms with E-state index in [1.54, 1.807) is 6.92 Å². The van der Waals surface area contributed by atoms with Gasteiger partial charge in [-0.1, -0.05) is 6.92 Å². The van der Waals surface area contributed by atoms with Crippen LogP contribution in [0.2, 0.25) is 0 Å². The van der Waals surface area contributed by atoms with Gasteiger partial charge in [-0.15, -0.1) is 0 Å². The molecule has 0 aliphatic carbocycles. The first-order valence-electron chi connectivity index (χ1n) is 5.49. The van der Waals surface area contributed by atoms with Crippen LogP contribution in [-0.4, -0.2) is 16.6 Å². The van der Waals surface area contributed by atoms with E-state index in [2.05, 4.69) is 9.97 Å². The molecule has 1 rings (SSSR count). The lowest BCUT2D eigenvalue weighted by molar-refractivity contribution is -0.0395. The molecule has 0 aromatic carbocycles. The maximum Gasteiger partial charge on any atom is 0.282 e. The Morgan fingerprint density at radius 1 is 1.47 bits per heavy atom. The van der Waals surface area contributed by atoms with Crippen molar-refractivity contribution in [2.75, 3.05) is 12.3 Å². The standard InChI is InChI=1S/C11H17F2N3O/c1-4-11(3,17-5-2)10-15-6-7(14)8(16-10)9(12)13/h6,9H,4-5,14H2,1-3H3. The Kier molecular flexibility index (Phi) is 4.34. The van der Waals surface area contributed by atoms with Crippen molar-refractivity contribution in [3.8, 4) is 0 Å². The van der Waals surface area contributed by atoms with E-state index in [0.717, 1.165) is 0 Å². The Balaban J connectivity index is 3.17. The maximum absolute atomic E-state index is 12.7. The lowest BCUT2D eigenvalue weighted by Gasteiger charge is -2.26. The highest BCUT2D eigenvalue weighted by Gasteiger charge is 2.30. The molecule has 1 aromatic heterocycles. The van der Waals surface area contributed by atoms with E-state index >= 15 is 0 Å². The molecule has 0 saturated heterocycles. The van der Waals surface area contributed by atoms with Gasteiger partial charge in [0.1, 0.15) is 11.3 Å². The number of hydrogen-bond acceptors (Lipinski definition) is 4. The Morgan fingerprint density at radius 2 is 2.12 bits per heavy atom. The third-order valence-electron chi connectivity index (χ3n) is 2.67. The van der Waals surface area contributed by atoms with Crippen molar-refractivity contribution in [2.24, 2.45) is 0 Å². The molecule has 2 N–H and O–H groups in total. The zero-order chi connectivity index (χ0) is 13.1. The highest BCUT2D eigenvalue weighted by molar-refractivity contribution is 5.41. The Hall–Kier alpha value is -1.30. The number of rotatable bonds is 5. The molecule has 0 spiro atoms. The van der Waals surface area contributed by atoms with Crippen molar-refractivity contribution in [3.63, 3.8) is 0 Å². The van der Waals surface area contributed by atoms with Gasteiger partial charge in [0, 0.05) is 6.61 Å². The molecular weight excluding hydrogens is 228 g/mol. The zero-order valence-corrected chi connectivity index (χ0v) is 10.2. The number of nitrogens with two attached hydrogens (primary N) is 1. The van der Waals surface area contributed by atoms with Crippen LogP contribution in [0.1, 0.15) is 45.1 Å². The Bertz CT molecular complexity index is 387. The van der Waals surface area contributed by atoms with Crippen LogP contribution in [-0.2, 0) is 10.3 Å². The van der Waals surface area contributed by atoms with Crippen LogP contribution in [0.25, 0.3) is 0 Å². The lowest BCUT2D eigenvalue weighted by atomic mass is 10.0. The van der Waals surface area contributed by atoms with E-state index in [1.165, 1.54) is 6.20 Å². The zero-order valence-electron chi connectivity index (χ0n) is 10.2. The second kappa shape index (κ2) is 5.35. The largest absolute Gasteiger partial charge is 0.396 e. The number of anilines is 1. The van der Waals surface area contributed by atoms with Gasteiger partial charge in [0.15, 0.2) is 5.82 Å². The highest BCUT2D eigenvalue weighted by Crippen LogP contribution is 2.29. The minimum Gasteiger partial charge on any atom is -0.396 e. The summed E-state index contributed by atoms with van der Waals surface area (Å²) in [4.78, 5) is 7.81. The fraction of sp³-hybridized carbons (Fsp3) is 0.636. The molecule has 1 unspecified atom stereocenters. The number of aromatic nitrogens is 2. The molecule has 1 heterocycles. The quantitative estimate of drug-likeness (QED) is 0.866. The van der Waals surface area contributed by atoms with E-state index < -0.39 is 17.7 Å². The summed E-state index contributed by atoms with van der Waals surface area (Å²) in [5.41, 5.74) is 4.11. The molecule has 0 amide bonds. The van der Waals surface area contributed by atoms with Gasteiger partial charge in [-0.2, -0.15) is 0 Å². The molecule has 1 aromatic rings. The smallest absolute Gasteiger partial charge is 0.282 e. The first-order valence-corrected chi connectivity index (χ1v) is 5.49. The van der Waals surface area contributed by atoms with Gasteiger partial charge in [-0.25, -0.2) is 18.7 Å². The summed E-state index contributed by atoms with van der Waals surface area (Å²) < 4.78 is 30.9. The Labute approximate surface area is 99.2 Å². The molecule has 0 bridgehead atoms. The van der Waals surface area contributed by atoms with Crippen LogP contribution in [0.4, 0.5) is 14.5 Å². The molecule has 96 valence electrons. The van der Waals surface area contributed by atoms with Gasteiger partial charge < -0.3 is 10.5 Å². The van der Waals surface area contributed by atoms with Crippen LogP contribution in [0.3, 0.4) is 0 Å². The van der Waals surface area contributed by atoms with E-state index in [4.69, 9.17) is 10.5 Å². The molecular formula is C11H17F2N3O. The fourth-order valence-electron chi connectivity index (χ4n) is 1.48. The molecule has 0 radical (unpaired) electrons. The van der Waals surface area contributed by atoms with Crippen LogP contribution in [0.15, 0.2) is 6.20 Å². The predicted molar refractivity (Wildman–Crippen MR) is 60.7 cm³/mol. The van der Waals surface area contributed by atoms with Gasteiger partial charge in [0.2, 0.25) is 0 Å². The SMILES string of the molecule is CCOC(C)(CC)c1ncc(N)c(C(F)F)n1. The fourth-order valence-corrected chi connectivity index (χ4v) is 1.48. The first kappa shape index (κ1) is 13.8. The normalized spacial score (nSPS) is 14.9. The number of alkyl halides is 2. The van der Waals surface area contributed by atoms with Gasteiger partial charge in [-0.05, 0) is 20.3 Å². The number of hydrogen-bond donors (Lipinski definition) is 1. The van der Waals surface area contributed by atoms with E-state index in [1.807, 2.05) is 13.8 Å². The van der Waals surface area contributed by atoms with Crippen molar-refractivity contribution in [1.29, 1.82) is 0 Å². The third kappa shape index (κ3) is 2.88. The molecule has 1 atom stereocenters. The first-order chi connectivity index (χ1) is 7.94. The molecule has 6 heteroatoms. The average Bonchev–Trinajstić information content (AvgIpc) is 2.29. The topological polar surface area (TPSA) is 61.0 Å². The number of ether oxygens (including phenoxy) is 1. The van der Waals surface area contributed by atoms with Crippen LogP contribution >= 0.6 is 0 Å². The minimum absolute atomic E-state index is 0.0984. The summed E-state index contributed by atoms with van der Waals surface area (Å²) in [6.45, 7) is 5.95. The van der Waals surface area contributed by atoms with Crippen LogP contribution < -0.4 is 5.73 Å².